The minimum absolute atomic E-state index is 0. The first kappa shape index (κ1) is 26.0. The van der Waals surface area contributed by atoms with Crippen LogP contribution in [0.5, 0.6) is 11.5 Å². The summed E-state index contributed by atoms with van der Waals surface area (Å²) in [5, 5.41) is 6.63. The van der Waals surface area contributed by atoms with E-state index < -0.39 is 0 Å². The van der Waals surface area contributed by atoms with Gasteiger partial charge >= 0.3 is 0 Å². The van der Waals surface area contributed by atoms with Crippen molar-refractivity contribution in [3.63, 3.8) is 0 Å². The van der Waals surface area contributed by atoms with Crippen LogP contribution in [-0.2, 0) is 11.3 Å². The van der Waals surface area contributed by atoms with Crippen LogP contribution in [0.1, 0.15) is 37.5 Å². The van der Waals surface area contributed by atoms with E-state index in [1.54, 1.807) is 14.2 Å². The van der Waals surface area contributed by atoms with Crippen molar-refractivity contribution in [2.75, 3.05) is 33.9 Å². The lowest BCUT2D eigenvalue weighted by Crippen LogP contribution is -2.38. The monoisotopic (exact) mass is 527 g/mol. The summed E-state index contributed by atoms with van der Waals surface area (Å²) >= 11 is 0. The van der Waals surface area contributed by atoms with Gasteiger partial charge in [-0.2, -0.15) is 0 Å². The van der Waals surface area contributed by atoms with E-state index in [-0.39, 0.29) is 30.1 Å². The topological polar surface area (TPSA) is 64.1 Å². The number of hydrogen-bond donors (Lipinski definition) is 2. The standard InChI is InChI=1S/C23H33N3O3.HI/c1-5-24-23(26-17-19-12-13-21(27-3)22(16-19)28-4)25-14-9-15-29-18(2)20-10-7-6-8-11-20;/h6-8,10-13,16,18H,5,9,14-15,17H2,1-4H3,(H2,24,25,26);1H. The van der Waals surface area contributed by atoms with Crippen LogP contribution in [0.2, 0.25) is 0 Å². The second kappa shape index (κ2) is 14.9. The van der Waals surface area contributed by atoms with E-state index in [0.717, 1.165) is 36.8 Å². The Labute approximate surface area is 197 Å². The van der Waals surface area contributed by atoms with E-state index in [9.17, 15) is 0 Å². The molecule has 0 saturated carbocycles. The predicted octanol–water partition coefficient (Wildman–Crippen LogP) is 4.54. The quantitative estimate of drug-likeness (QED) is 0.195. The van der Waals surface area contributed by atoms with Gasteiger partial charge in [-0.15, -0.1) is 24.0 Å². The Morgan fingerprint density at radius 1 is 1.00 bits per heavy atom. The maximum absolute atomic E-state index is 5.92. The first-order chi connectivity index (χ1) is 14.2. The van der Waals surface area contributed by atoms with E-state index in [4.69, 9.17) is 14.2 Å². The van der Waals surface area contributed by atoms with Crippen LogP contribution >= 0.6 is 24.0 Å². The minimum atomic E-state index is 0. The molecule has 0 aliphatic rings. The van der Waals surface area contributed by atoms with Crippen LogP contribution < -0.4 is 20.1 Å². The number of rotatable bonds is 11. The first-order valence-corrected chi connectivity index (χ1v) is 10.1. The van der Waals surface area contributed by atoms with E-state index in [1.165, 1.54) is 5.56 Å². The van der Waals surface area contributed by atoms with Gasteiger partial charge < -0.3 is 24.8 Å². The zero-order valence-electron chi connectivity index (χ0n) is 18.3. The van der Waals surface area contributed by atoms with Crippen molar-refractivity contribution >= 4 is 29.9 Å². The summed E-state index contributed by atoms with van der Waals surface area (Å²) in [5.74, 6) is 2.22. The molecule has 0 aliphatic carbocycles. The number of benzene rings is 2. The van der Waals surface area contributed by atoms with Crippen molar-refractivity contribution in [1.29, 1.82) is 0 Å². The maximum atomic E-state index is 5.92. The Hall–Kier alpha value is -2.00. The molecule has 7 heteroatoms. The normalized spacial score (nSPS) is 11.9. The molecule has 1 unspecified atom stereocenters. The fraction of sp³-hybridized carbons (Fsp3) is 0.435. The molecule has 2 N–H and O–H groups in total. The average molecular weight is 527 g/mol. The number of nitrogens with one attached hydrogen (secondary N) is 2. The summed E-state index contributed by atoms with van der Waals surface area (Å²) in [4.78, 5) is 4.65. The van der Waals surface area contributed by atoms with Crippen molar-refractivity contribution in [1.82, 2.24) is 10.6 Å². The number of halogens is 1. The third kappa shape index (κ3) is 8.79. The lowest BCUT2D eigenvalue weighted by atomic mass is 10.1. The highest BCUT2D eigenvalue weighted by Crippen LogP contribution is 2.27. The average Bonchev–Trinajstić information content (AvgIpc) is 2.77. The molecule has 2 rings (SSSR count). The van der Waals surface area contributed by atoms with Crippen molar-refractivity contribution in [2.45, 2.75) is 32.9 Å². The van der Waals surface area contributed by atoms with Gasteiger partial charge in [-0.1, -0.05) is 36.4 Å². The predicted molar refractivity (Wildman–Crippen MR) is 133 cm³/mol. The molecule has 0 fully saturated rings. The minimum Gasteiger partial charge on any atom is -0.493 e. The first-order valence-electron chi connectivity index (χ1n) is 10.1. The van der Waals surface area contributed by atoms with Crippen LogP contribution in [0.15, 0.2) is 53.5 Å². The zero-order valence-corrected chi connectivity index (χ0v) is 20.6. The van der Waals surface area contributed by atoms with Crippen molar-refractivity contribution in [3.05, 3.63) is 59.7 Å². The van der Waals surface area contributed by atoms with Crippen LogP contribution in [-0.4, -0.2) is 39.9 Å². The highest BCUT2D eigenvalue weighted by molar-refractivity contribution is 14.0. The Morgan fingerprint density at radius 3 is 2.40 bits per heavy atom. The molecule has 0 bridgehead atoms. The van der Waals surface area contributed by atoms with Crippen molar-refractivity contribution in [2.24, 2.45) is 4.99 Å². The molecule has 0 aliphatic heterocycles. The highest BCUT2D eigenvalue weighted by Gasteiger charge is 2.06. The van der Waals surface area contributed by atoms with Gasteiger partial charge in [-0.25, -0.2) is 4.99 Å². The lowest BCUT2D eigenvalue weighted by Gasteiger charge is -2.15. The molecule has 1 atom stereocenters. The summed E-state index contributed by atoms with van der Waals surface area (Å²) in [6, 6.07) is 16.1. The van der Waals surface area contributed by atoms with Gasteiger partial charge in [0.15, 0.2) is 17.5 Å². The smallest absolute Gasteiger partial charge is 0.191 e. The summed E-state index contributed by atoms with van der Waals surface area (Å²) in [5.41, 5.74) is 2.25. The lowest BCUT2D eigenvalue weighted by molar-refractivity contribution is 0.0646. The van der Waals surface area contributed by atoms with Crippen molar-refractivity contribution in [3.8, 4) is 11.5 Å². The molecule has 0 saturated heterocycles. The van der Waals surface area contributed by atoms with E-state index in [1.807, 2.05) is 36.4 Å². The Bertz CT molecular complexity index is 757. The van der Waals surface area contributed by atoms with Gasteiger partial charge in [0.05, 0.1) is 26.9 Å². The van der Waals surface area contributed by atoms with Crippen LogP contribution in [0.4, 0.5) is 0 Å². The number of nitrogens with zero attached hydrogens (tertiary/aromatic N) is 1. The summed E-state index contributed by atoms with van der Waals surface area (Å²) in [7, 11) is 3.27. The molecular weight excluding hydrogens is 493 g/mol. The van der Waals surface area contributed by atoms with Gasteiger partial charge in [0.25, 0.3) is 0 Å². The molecule has 0 amide bonds. The van der Waals surface area contributed by atoms with Gasteiger partial charge in [0.2, 0.25) is 0 Å². The van der Waals surface area contributed by atoms with E-state index in [0.29, 0.717) is 18.9 Å². The molecule has 6 nitrogen and oxygen atoms in total. The molecule has 2 aromatic rings. The number of methoxy groups -OCH3 is 2. The molecule has 30 heavy (non-hydrogen) atoms. The number of guanidine groups is 1. The van der Waals surface area contributed by atoms with Crippen molar-refractivity contribution < 1.29 is 14.2 Å². The summed E-state index contributed by atoms with van der Waals surface area (Å²) < 4.78 is 16.6. The third-order valence-electron chi connectivity index (χ3n) is 4.46. The second-order valence-electron chi connectivity index (χ2n) is 6.59. The zero-order chi connectivity index (χ0) is 20.9. The molecule has 0 heterocycles. The van der Waals surface area contributed by atoms with Crippen LogP contribution in [0.3, 0.4) is 0 Å². The van der Waals surface area contributed by atoms with Crippen LogP contribution in [0.25, 0.3) is 0 Å². The molecular formula is C23H34IN3O3. The van der Waals surface area contributed by atoms with Gasteiger partial charge in [0.1, 0.15) is 0 Å². The molecule has 0 aromatic heterocycles. The second-order valence-corrected chi connectivity index (χ2v) is 6.59. The number of hydrogen-bond acceptors (Lipinski definition) is 4. The largest absolute Gasteiger partial charge is 0.493 e. The SMILES string of the molecule is CCNC(=NCc1ccc(OC)c(OC)c1)NCCCOC(C)c1ccccc1.I. The Balaban J connectivity index is 0.00000450. The number of aliphatic imine (C=N–C) groups is 1. The highest BCUT2D eigenvalue weighted by atomic mass is 127. The third-order valence-corrected chi connectivity index (χ3v) is 4.46. The molecule has 0 radical (unpaired) electrons. The van der Waals surface area contributed by atoms with Crippen LogP contribution in [0, 0.1) is 0 Å². The maximum Gasteiger partial charge on any atom is 0.191 e. The fourth-order valence-electron chi connectivity index (χ4n) is 2.85. The fourth-order valence-corrected chi connectivity index (χ4v) is 2.85. The molecule has 166 valence electrons. The molecule has 2 aromatic carbocycles. The summed E-state index contributed by atoms with van der Waals surface area (Å²) in [6.07, 6.45) is 1.00. The van der Waals surface area contributed by atoms with Gasteiger partial charge in [-0.05, 0) is 43.5 Å². The number of ether oxygens (including phenoxy) is 3. The Kier molecular flexibility index (Phi) is 12.9. The van der Waals surface area contributed by atoms with Gasteiger partial charge in [0, 0.05) is 19.7 Å². The molecule has 0 spiro atoms. The van der Waals surface area contributed by atoms with E-state index in [2.05, 4.69) is 41.6 Å². The Morgan fingerprint density at radius 2 is 1.73 bits per heavy atom. The summed E-state index contributed by atoms with van der Waals surface area (Å²) in [6.45, 7) is 6.98. The van der Waals surface area contributed by atoms with Gasteiger partial charge in [-0.3, -0.25) is 0 Å². The van der Waals surface area contributed by atoms with E-state index >= 15 is 0 Å².